The Morgan fingerprint density at radius 1 is 1.28 bits per heavy atom. The number of aryl methyl sites for hydroxylation is 2. The Morgan fingerprint density at radius 3 is 2.84 bits per heavy atom. The van der Waals surface area contributed by atoms with Crippen LogP contribution in [0.2, 0.25) is 0 Å². The van der Waals surface area contributed by atoms with E-state index in [9.17, 15) is 9.59 Å². The Hall–Kier alpha value is -3.22. The molecular formula is C18H18N4O3. The number of nitrogens with zero attached hydrogens (tertiary/aromatic N) is 3. The van der Waals surface area contributed by atoms with E-state index in [0.29, 0.717) is 17.0 Å². The van der Waals surface area contributed by atoms with Crippen LogP contribution in [-0.2, 0) is 11.8 Å². The highest BCUT2D eigenvalue weighted by molar-refractivity contribution is 5.95. The molecule has 0 aliphatic carbocycles. The minimum Gasteiger partial charge on any atom is -0.484 e. The molecule has 0 aliphatic heterocycles. The molecule has 3 rings (SSSR count). The zero-order valence-corrected chi connectivity index (χ0v) is 14.2. The minimum absolute atomic E-state index is 0.0545. The summed E-state index contributed by atoms with van der Waals surface area (Å²) in [5.74, 6) is 0.108. The first kappa shape index (κ1) is 16.6. The van der Waals surface area contributed by atoms with Crippen molar-refractivity contribution in [1.82, 2.24) is 14.8 Å². The van der Waals surface area contributed by atoms with Gasteiger partial charge in [0.1, 0.15) is 5.75 Å². The lowest BCUT2D eigenvalue weighted by Crippen LogP contribution is -2.20. The topological polar surface area (TPSA) is 86.1 Å². The number of ether oxygens (including phenoxy) is 1. The number of rotatable bonds is 5. The average Bonchev–Trinajstić information content (AvgIpc) is 2.87. The number of hydrogen-bond acceptors (Lipinski definition) is 5. The van der Waals surface area contributed by atoms with Crippen molar-refractivity contribution in [3.05, 3.63) is 47.8 Å². The third-order valence-corrected chi connectivity index (χ3v) is 3.76. The van der Waals surface area contributed by atoms with Crippen molar-refractivity contribution in [3.8, 4) is 5.75 Å². The Morgan fingerprint density at radius 2 is 2.08 bits per heavy atom. The molecule has 7 heteroatoms. The molecule has 0 saturated heterocycles. The Balaban J connectivity index is 1.65. The van der Waals surface area contributed by atoms with E-state index in [1.807, 2.05) is 20.0 Å². The molecule has 0 saturated carbocycles. The number of amides is 1. The van der Waals surface area contributed by atoms with Crippen LogP contribution in [0, 0.1) is 6.92 Å². The number of fused-ring (bicyclic) bond motifs is 1. The van der Waals surface area contributed by atoms with E-state index in [1.54, 1.807) is 35.1 Å². The van der Waals surface area contributed by atoms with E-state index < -0.39 is 0 Å². The maximum absolute atomic E-state index is 12.1. The summed E-state index contributed by atoms with van der Waals surface area (Å²) < 4.78 is 7.14. The Labute approximate surface area is 144 Å². The van der Waals surface area contributed by atoms with Crippen molar-refractivity contribution in [1.29, 1.82) is 0 Å². The fourth-order valence-corrected chi connectivity index (χ4v) is 2.53. The second-order valence-electron chi connectivity index (χ2n) is 5.73. The molecular weight excluding hydrogens is 320 g/mol. The number of hydrogen-bond donors (Lipinski definition) is 1. The fourth-order valence-electron chi connectivity index (χ4n) is 2.53. The normalized spacial score (nSPS) is 10.7. The molecule has 0 aliphatic rings. The summed E-state index contributed by atoms with van der Waals surface area (Å²) in [6.07, 6.45) is 1.58. The van der Waals surface area contributed by atoms with Gasteiger partial charge < -0.3 is 10.1 Å². The predicted molar refractivity (Wildman–Crippen MR) is 93.8 cm³/mol. The fraction of sp³-hybridized carbons (Fsp3) is 0.222. The number of anilines is 1. The summed E-state index contributed by atoms with van der Waals surface area (Å²) in [6.45, 7) is 3.21. The van der Waals surface area contributed by atoms with Gasteiger partial charge in [0.25, 0.3) is 5.91 Å². The third-order valence-electron chi connectivity index (χ3n) is 3.76. The lowest BCUT2D eigenvalue weighted by Gasteiger charge is -2.08. The van der Waals surface area contributed by atoms with Gasteiger partial charge >= 0.3 is 0 Å². The van der Waals surface area contributed by atoms with Crippen molar-refractivity contribution in [3.63, 3.8) is 0 Å². The first-order valence-corrected chi connectivity index (χ1v) is 7.77. The van der Waals surface area contributed by atoms with Crippen molar-refractivity contribution in [2.45, 2.75) is 13.8 Å². The maximum atomic E-state index is 12.1. The Kier molecular flexibility index (Phi) is 4.47. The van der Waals surface area contributed by atoms with Gasteiger partial charge in [0.05, 0.1) is 17.6 Å². The van der Waals surface area contributed by atoms with E-state index in [4.69, 9.17) is 4.74 Å². The van der Waals surface area contributed by atoms with E-state index in [1.165, 1.54) is 6.92 Å². The molecule has 2 aromatic heterocycles. The van der Waals surface area contributed by atoms with Crippen molar-refractivity contribution < 1.29 is 14.3 Å². The predicted octanol–water partition coefficient (Wildman–Crippen LogP) is 2.50. The summed E-state index contributed by atoms with van der Waals surface area (Å²) >= 11 is 0. The molecule has 0 bridgehead atoms. The molecule has 0 atom stereocenters. The van der Waals surface area contributed by atoms with Gasteiger partial charge in [0.15, 0.2) is 18.0 Å². The quantitative estimate of drug-likeness (QED) is 0.722. The molecule has 7 nitrogen and oxygen atoms in total. The molecule has 3 aromatic rings. The summed E-state index contributed by atoms with van der Waals surface area (Å²) in [6, 6.07) is 8.56. The van der Waals surface area contributed by atoms with Crippen molar-refractivity contribution in [2.24, 2.45) is 7.05 Å². The highest BCUT2D eigenvalue weighted by Crippen LogP contribution is 2.19. The van der Waals surface area contributed by atoms with E-state index >= 15 is 0 Å². The number of aromatic nitrogens is 3. The number of carbonyl (C=O) groups excluding carboxylic acids is 2. The summed E-state index contributed by atoms with van der Waals surface area (Å²) in [5, 5.41) is 7.93. The second kappa shape index (κ2) is 6.72. The van der Waals surface area contributed by atoms with Crippen molar-refractivity contribution in [2.75, 3.05) is 11.9 Å². The molecule has 0 fully saturated rings. The minimum atomic E-state index is -0.309. The first-order valence-electron chi connectivity index (χ1n) is 7.77. The van der Waals surface area contributed by atoms with Crippen LogP contribution in [0.25, 0.3) is 11.0 Å². The number of benzene rings is 1. The molecule has 0 unspecified atom stereocenters. The van der Waals surface area contributed by atoms with Crippen LogP contribution in [0.1, 0.15) is 23.0 Å². The molecule has 25 heavy (non-hydrogen) atoms. The SMILES string of the molecule is CC(=O)c1cccc(OCC(=O)Nc2cnc3c(c2)c(C)nn3C)c1. The molecule has 1 N–H and O–H groups in total. The molecule has 1 amide bonds. The summed E-state index contributed by atoms with van der Waals surface area (Å²) in [5.41, 5.74) is 2.72. The summed E-state index contributed by atoms with van der Waals surface area (Å²) in [4.78, 5) is 27.8. The van der Waals surface area contributed by atoms with E-state index in [-0.39, 0.29) is 18.3 Å². The van der Waals surface area contributed by atoms with Gasteiger partial charge in [-0.05, 0) is 32.0 Å². The number of Topliss-reactive ketones (excluding diaryl/α,β-unsaturated/α-hetero) is 1. The molecule has 1 aromatic carbocycles. The van der Waals surface area contributed by atoms with Crippen LogP contribution in [0.5, 0.6) is 5.75 Å². The van der Waals surface area contributed by atoms with Gasteiger partial charge in [0.2, 0.25) is 0 Å². The van der Waals surface area contributed by atoms with Gasteiger partial charge in [-0.3, -0.25) is 14.3 Å². The highest BCUT2D eigenvalue weighted by atomic mass is 16.5. The molecule has 128 valence electrons. The lowest BCUT2D eigenvalue weighted by molar-refractivity contribution is -0.118. The van der Waals surface area contributed by atoms with Crippen LogP contribution < -0.4 is 10.1 Å². The smallest absolute Gasteiger partial charge is 0.262 e. The van der Waals surface area contributed by atoms with Crippen LogP contribution >= 0.6 is 0 Å². The van der Waals surface area contributed by atoms with Crippen LogP contribution in [0.15, 0.2) is 36.5 Å². The van der Waals surface area contributed by atoms with Gasteiger partial charge in [-0.1, -0.05) is 12.1 Å². The highest BCUT2D eigenvalue weighted by Gasteiger charge is 2.10. The van der Waals surface area contributed by atoms with E-state index in [0.717, 1.165) is 16.7 Å². The number of nitrogens with one attached hydrogen (secondary N) is 1. The zero-order valence-electron chi connectivity index (χ0n) is 14.2. The maximum Gasteiger partial charge on any atom is 0.262 e. The van der Waals surface area contributed by atoms with Crippen LogP contribution in [-0.4, -0.2) is 33.1 Å². The number of carbonyl (C=O) groups is 2. The molecule has 0 spiro atoms. The lowest BCUT2D eigenvalue weighted by atomic mass is 10.1. The van der Waals surface area contributed by atoms with Gasteiger partial charge in [0, 0.05) is 18.0 Å². The Bertz CT molecular complexity index is 962. The number of ketones is 1. The van der Waals surface area contributed by atoms with E-state index in [2.05, 4.69) is 15.4 Å². The molecule has 2 heterocycles. The van der Waals surface area contributed by atoms with Crippen LogP contribution in [0.3, 0.4) is 0 Å². The largest absolute Gasteiger partial charge is 0.484 e. The van der Waals surface area contributed by atoms with Crippen LogP contribution in [0.4, 0.5) is 5.69 Å². The zero-order chi connectivity index (χ0) is 18.0. The summed E-state index contributed by atoms with van der Waals surface area (Å²) in [7, 11) is 1.82. The number of pyridine rings is 1. The van der Waals surface area contributed by atoms with Gasteiger partial charge in [-0.2, -0.15) is 5.10 Å². The van der Waals surface area contributed by atoms with Gasteiger partial charge in [-0.25, -0.2) is 4.98 Å². The monoisotopic (exact) mass is 338 g/mol. The molecule has 0 radical (unpaired) electrons. The second-order valence-corrected chi connectivity index (χ2v) is 5.73. The standard InChI is InChI=1S/C18H18N4O3/c1-11-16-8-14(9-19-18(16)22(3)21-11)20-17(24)10-25-15-6-4-5-13(7-15)12(2)23/h4-9H,10H2,1-3H3,(H,20,24). The third kappa shape index (κ3) is 3.65. The van der Waals surface area contributed by atoms with Crippen molar-refractivity contribution >= 4 is 28.4 Å². The first-order chi connectivity index (χ1) is 11.9. The average molecular weight is 338 g/mol. The van der Waals surface area contributed by atoms with Gasteiger partial charge in [-0.15, -0.1) is 0 Å².